The van der Waals surface area contributed by atoms with Gasteiger partial charge in [-0.05, 0) is 84.1 Å². The number of para-hydroxylation sites is 1. The Hall–Kier alpha value is -2.99. The Kier molecular flexibility index (Phi) is 7.80. The number of thiocarbonyl (C=S) groups is 1. The summed E-state index contributed by atoms with van der Waals surface area (Å²) in [5.74, 6) is -0.689. The van der Waals surface area contributed by atoms with Crippen LogP contribution in [0.1, 0.15) is 18.1 Å². The van der Waals surface area contributed by atoms with Crippen molar-refractivity contribution in [1.29, 1.82) is 0 Å². The third-order valence-electron chi connectivity index (χ3n) is 4.35. The van der Waals surface area contributed by atoms with Gasteiger partial charge in [0.05, 0.1) is 10.2 Å². The van der Waals surface area contributed by atoms with Crippen molar-refractivity contribution < 1.29 is 23.9 Å². The summed E-state index contributed by atoms with van der Waals surface area (Å²) in [6, 6.07) is 10.8. The molecule has 0 saturated carbocycles. The van der Waals surface area contributed by atoms with Crippen LogP contribution in [0.5, 0.6) is 11.5 Å². The number of hydrogen-bond acceptors (Lipinski definition) is 6. The fourth-order valence-electron chi connectivity index (χ4n) is 2.88. The van der Waals surface area contributed by atoms with Crippen molar-refractivity contribution in [2.75, 3.05) is 18.5 Å². The Morgan fingerprint density at radius 3 is 2.50 bits per heavy atom. The van der Waals surface area contributed by atoms with E-state index in [9.17, 15) is 14.4 Å². The van der Waals surface area contributed by atoms with Crippen molar-refractivity contribution in [3.8, 4) is 11.5 Å². The molecule has 3 amide bonds. The summed E-state index contributed by atoms with van der Waals surface area (Å²) in [5, 5.41) is 7.57. The first kappa shape index (κ1) is 23.7. The first-order chi connectivity index (χ1) is 15.3. The van der Waals surface area contributed by atoms with Crippen LogP contribution >= 0.6 is 34.8 Å². The van der Waals surface area contributed by atoms with E-state index in [2.05, 4.69) is 16.0 Å². The topological polar surface area (TPSA) is 106 Å². The zero-order chi connectivity index (χ0) is 23.3. The van der Waals surface area contributed by atoms with Gasteiger partial charge in [-0.3, -0.25) is 25.0 Å². The SMILES string of the molecule is CCOc1cc(C=C2C(=O)NC(=S)NC2=O)cc(I)c1OCC(=O)Nc1ccccc1C. The van der Waals surface area contributed by atoms with Gasteiger partial charge in [-0.25, -0.2) is 0 Å². The second kappa shape index (κ2) is 10.6. The quantitative estimate of drug-likeness (QED) is 0.207. The minimum absolute atomic E-state index is 0.0329. The molecular formula is C22H20IN3O5S. The fraction of sp³-hybridized carbons (Fsp3) is 0.182. The molecule has 1 aliphatic rings. The molecule has 0 unspecified atom stereocenters. The van der Waals surface area contributed by atoms with Crippen LogP contribution in [0.2, 0.25) is 0 Å². The van der Waals surface area contributed by atoms with E-state index in [0.717, 1.165) is 5.56 Å². The zero-order valence-corrected chi connectivity index (χ0v) is 20.3. The number of nitrogens with one attached hydrogen (secondary N) is 3. The summed E-state index contributed by atoms with van der Waals surface area (Å²) >= 11 is 6.85. The maximum absolute atomic E-state index is 12.4. The van der Waals surface area contributed by atoms with Crippen molar-refractivity contribution in [2.24, 2.45) is 0 Å². The average Bonchev–Trinajstić information content (AvgIpc) is 2.72. The summed E-state index contributed by atoms with van der Waals surface area (Å²) in [4.78, 5) is 36.6. The highest BCUT2D eigenvalue weighted by Gasteiger charge is 2.26. The number of hydrogen-bond donors (Lipinski definition) is 3. The molecule has 3 N–H and O–H groups in total. The first-order valence-corrected chi connectivity index (χ1v) is 11.1. The van der Waals surface area contributed by atoms with Crippen LogP contribution in [0.4, 0.5) is 5.69 Å². The number of anilines is 1. The van der Waals surface area contributed by atoms with Crippen LogP contribution < -0.4 is 25.4 Å². The molecule has 8 nitrogen and oxygen atoms in total. The molecule has 2 aromatic carbocycles. The largest absolute Gasteiger partial charge is 0.490 e. The molecule has 10 heteroatoms. The van der Waals surface area contributed by atoms with Crippen molar-refractivity contribution in [1.82, 2.24) is 10.6 Å². The van der Waals surface area contributed by atoms with E-state index in [1.807, 2.05) is 60.7 Å². The molecule has 1 heterocycles. The van der Waals surface area contributed by atoms with Gasteiger partial charge < -0.3 is 14.8 Å². The van der Waals surface area contributed by atoms with Gasteiger partial charge in [0.25, 0.3) is 17.7 Å². The predicted octanol–water partition coefficient (Wildman–Crippen LogP) is 2.93. The lowest BCUT2D eigenvalue weighted by Crippen LogP contribution is -2.51. The van der Waals surface area contributed by atoms with E-state index < -0.39 is 11.8 Å². The molecule has 3 rings (SSSR count). The summed E-state index contributed by atoms with van der Waals surface area (Å²) in [6.07, 6.45) is 1.44. The number of halogens is 1. The van der Waals surface area contributed by atoms with E-state index in [0.29, 0.717) is 32.9 Å². The molecule has 0 radical (unpaired) electrons. The number of carbonyl (C=O) groups is 3. The van der Waals surface area contributed by atoms with Gasteiger partial charge in [0.1, 0.15) is 5.57 Å². The normalized spacial score (nSPS) is 13.2. The molecule has 0 spiro atoms. The number of aryl methyl sites for hydroxylation is 1. The van der Waals surface area contributed by atoms with E-state index >= 15 is 0 Å². The van der Waals surface area contributed by atoms with Gasteiger partial charge in [0.2, 0.25) is 0 Å². The Morgan fingerprint density at radius 2 is 1.84 bits per heavy atom. The van der Waals surface area contributed by atoms with E-state index in [4.69, 9.17) is 21.7 Å². The Labute approximate surface area is 203 Å². The lowest BCUT2D eigenvalue weighted by Gasteiger charge is -2.17. The Bertz CT molecular complexity index is 1110. The second-order valence-corrected chi connectivity index (χ2v) is 8.28. The Morgan fingerprint density at radius 1 is 1.16 bits per heavy atom. The summed E-state index contributed by atoms with van der Waals surface area (Å²) in [5.41, 5.74) is 2.14. The lowest BCUT2D eigenvalue weighted by atomic mass is 10.1. The lowest BCUT2D eigenvalue weighted by molar-refractivity contribution is -0.123. The smallest absolute Gasteiger partial charge is 0.263 e. The highest BCUT2D eigenvalue weighted by molar-refractivity contribution is 14.1. The van der Waals surface area contributed by atoms with Crippen LogP contribution in [-0.4, -0.2) is 36.0 Å². The van der Waals surface area contributed by atoms with Crippen molar-refractivity contribution in [3.63, 3.8) is 0 Å². The van der Waals surface area contributed by atoms with Gasteiger partial charge in [0.15, 0.2) is 23.2 Å². The monoisotopic (exact) mass is 565 g/mol. The van der Waals surface area contributed by atoms with Crippen LogP contribution in [0.15, 0.2) is 42.0 Å². The second-order valence-electron chi connectivity index (χ2n) is 6.71. The van der Waals surface area contributed by atoms with Crippen molar-refractivity contribution in [2.45, 2.75) is 13.8 Å². The molecule has 1 fully saturated rings. The van der Waals surface area contributed by atoms with Crippen LogP contribution in [-0.2, 0) is 14.4 Å². The summed E-state index contributed by atoms with van der Waals surface area (Å²) < 4.78 is 12.1. The molecule has 1 saturated heterocycles. The molecule has 32 heavy (non-hydrogen) atoms. The maximum atomic E-state index is 12.4. The molecular weight excluding hydrogens is 545 g/mol. The number of benzene rings is 2. The van der Waals surface area contributed by atoms with Crippen LogP contribution in [0.3, 0.4) is 0 Å². The third kappa shape index (κ3) is 5.82. The van der Waals surface area contributed by atoms with E-state index in [1.165, 1.54) is 6.08 Å². The van der Waals surface area contributed by atoms with Gasteiger partial charge >= 0.3 is 0 Å². The Balaban J connectivity index is 1.80. The highest BCUT2D eigenvalue weighted by atomic mass is 127. The van der Waals surface area contributed by atoms with Gasteiger partial charge in [-0.1, -0.05) is 18.2 Å². The van der Waals surface area contributed by atoms with Gasteiger partial charge in [-0.2, -0.15) is 0 Å². The third-order valence-corrected chi connectivity index (χ3v) is 5.36. The van der Waals surface area contributed by atoms with Crippen molar-refractivity contribution in [3.05, 3.63) is 56.7 Å². The molecule has 0 aromatic heterocycles. The first-order valence-electron chi connectivity index (χ1n) is 9.61. The minimum atomic E-state index is -0.583. The zero-order valence-electron chi connectivity index (χ0n) is 17.3. The molecule has 0 bridgehead atoms. The maximum Gasteiger partial charge on any atom is 0.263 e. The molecule has 1 aliphatic heterocycles. The summed E-state index contributed by atoms with van der Waals surface area (Å²) in [6.45, 7) is 3.86. The predicted molar refractivity (Wildman–Crippen MR) is 132 cm³/mol. The number of rotatable bonds is 7. The van der Waals surface area contributed by atoms with Gasteiger partial charge in [-0.15, -0.1) is 0 Å². The van der Waals surface area contributed by atoms with Gasteiger partial charge in [0, 0.05) is 5.69 Å². The number of carbonyl (C=O) groups excluding carboxylic acids is 3. The van der Waals surface area contributed by atoms with Crippen molar-refractivity contribution >= 4 is 69.4 Å². The molecule has 0 atom stereocenters. The molecule has 2 aromatic rings. The van der Waals surface area contributed by atoms with E-state index in [-0.39, 0.29) is 23.2 Å². The standard InChI is InChI=1S/C22H20IN3O5S/c1-3-30-17-10-13(8-14-20(28)25-22(32)26-21(14)29)9-15(23)19(17)31-11-18(27)24-16-7-5-4-6-12(16)2/h4-10H,3,11H2,1-2H3,(H,24,27)(H2,25,26,28,29,32). The average molecular weight is 565 g/mol. The minimum Gasteiger partial charge on any atom is -0.490 e. The van der Waals surface area contributed by atoms with E-state index in [1.54, 1.807) is 12.1 Å². The van der Waals surface area contributed by atoms with Crippen LogP contribution in [0.25, 0.3) is 6.08 Å². The fourth-order valence-corrected chi connectivity index (χ4v) is 3.85. The highest BCUT2D eigenvalue weighted by Crippen LogP contribution is 2.35. The van der Waals surface area contributed by atoms with Crippen LogP contribution in [0, 0.1) is 10.5 Å². The number of amides is 3. The molecule has 166 valence electrons. The molecule has 0 aliphatic carbocycles. The summed E-state index contributed by atoms with van der Waals surface area (Å²) in [7, 11) is 0. The number of ether oxygens (including phenoxy) is 2.